The molecule has 1 atom stereocenters. The van der Waals surface area contributed by atoms with E-state index in [1.165, 1.54) is 11.3 Å². The van der Waals surface area contributed by atoms with E-state index in [-0.39, 0.29) is 5.41 Å². The standard InChI is InChI=1S/C15H24N2O2.C2H6/c1-4-7-16(3)13-10-15(9-12(13)2)6-5-8-17(11-15)14(18)19;1-2/h4H,1,5-11H2,2-3H3,(H,18,19);1-2H3. The second-order valence-corrected chi connectivity index (χ2v) is 6.06. The Bertz CT molecular complexity index is 417. The number of piperidine rings is 1. The van der Waals surface area contributed by atoms with E-state index >= 15 is 0 Å². The third-order valence-electron chi connectivity index (χ3n) is 4.47. The van der Waals surface area contributed by atoms with E-state index < -0.39 is 6.09 Å². The SMILES string of the molecule is C=CCN(C)C1=C(C)CC2(CCCN(C(=O)O)C2)C1.CC. The fraction of sp³-hybridized carbons (Fsp3) is 0.706. The quantitative estimate of drug-likeness (QED) is 0.801. The van der Waals surface area contributed by atoms with Crippen LogP contribution in [0.5, 0.6) is 0 Å². The molecule has 1 saturated heterocycles. The number of likely N-dealkylation sites (tertiary alicyclic amines) is 1. The topological polar surface area (TPSA) is 43.8 Å². The first-order valence-corrected chi connectivity index (χ1v) is 7.96. The van der Waals surface area contributed by atoms with Gasteiger partial charge >= 0.3 is 6.09 Å². The molecule has 120 valence electrons. The zero-order valence-corrected chi connectivity index (χ0v) is 14.0. The first-order chi connectivity index (χ1) is 9.97. The largest absolute Gasteiger partial charge is 0.465 e. The Morgan fingerprint density at radius 1 is 1.48 bits per heavy atom. The van der Waals surface area contributed by atoms with Crippen molar-refractivity contribution in [1.29, 1.82) is 0 Å². The van der Waals surface area contributed by atoms with Crippen molar-refractivity contribution in [1.82, 2.24) is 9.80 Å². The summed E-state index contributed by atoms with van der Waals surface area (Å²) in [7, 11) is 2.09. The van der Waals surface area contributed by atoms with Gasteiger partial charge < -0.3 is 14.9 Å². The molecule has 1 aliphatic heterocycles. The molecule has 2 aliphatic rings. The lowest BCUT2D eigenvalue weighted by molar-refractivity contribution is 0.0802. The van der Waals surface area contributed by atoms with Crippen molar-refractivity contribution in [3.05, 3.63) is 23.9 Å². The van der Waals surface area contributed by atoms with Gasteiger partial charge in [0.2, 0.25) is 0 Å². The smallest absolute Gasteiger partial charge is 0.407 e. The summed E-state index contributed by atoms with van der Waals surface area (Å²) in [6.07, 6.45) is 5.30. The van der Waals surface area contributed by atoms with Crippen LogP contribution in [-0.4, -0.2) is 47.7 Å². The van der Waals surface area contributed by atoms with Crippen LogP contribution in [0, 0.1) is 5.41 Å². The summed E-state index contributed by atoms with van der Waals surface area (Å²) < 4.78 is 0. The lowest BCUT2D eigenvalue weighted by atomic mass is 9.77. The molecular weight excluding hydrogens is 264 g/mol. The molecule has 21 heavy (non-hydrogen) atoms. The Morgan fingerprint density at radius 2 is 2.14 bits per heavy atom. The molecule has 0 radical (unpaired) electrons. The Balaban J connectivity index is 0.00000106. The minimum absolute atomic E-state index is 0.144. The van der Waals surface area contributed by atoms with E-state index in [0.717, 1.165) is 32.2 Å². The highest BCUT2D eigenvalue weighted by molar-refractivity contribution is 5.65. The number of hydrogen-bond donors (Lipinski definition) is 1. The summed E-state index contributed by atoms with van der Waals surface area (Å²) in [5, 5.41) is 9.20. The Labute approximate surface area is 129 Å². The second kappa shape index (κ2) is 7.53. The molecule has 1 heterocycles. The van der Waals surface area contributed by atoms with Gasteiger partial charge in [-0.1, -0.05) is 25.5 Å². The third kappa shape index (κ3) is 4.02. The second-order valence-electron chi connectivity index (χ2n) is 6.06. The molecular formula is C17H30N2O2. The van der Waals surface area contributed by atoms with Gasteiger partial charge in [-0.05, 0) is 38.0 Å². The van der Waals surface area contributed by atoms with Crippen LogP contribution in [-0.2, 0) is 0 Å². The van der Waals surface area contributed by atoms with Crippen LogP contribution in [0.25, 0.3) is 0 Å². The van der Waals surface area contributed by atoms with E-state index in [9.17, 15) is 9.90 Å². The lowest BCUT2D eigenvalue weighted by Crippen LogP contribution is -2.45. The number of carboxylic acid groups (broad SMARTS) is 1. The molecule has 1 amide bonds. The van der Waals surface area contributed by atoms with E-state index in [0.29, 0.717) is 13.1 Å². The van der Waals surface area contributed by atoms with Crippen molar-refractivity contribution >= 4 is 6.09 Å². The highest BCUT2D eigenvalue weighted by Gasteiger charge is 2.42. The highest BCUT2D eigenvalue weighted by Crippen LogP contribution is 2.48. The van der Waals surface area contributed by atoms with Crippen LogP contribution in [0.4, 0.5) is 4.79 Å². The van der Waals surface area contributed by atoms with Gasteiger partial charge in [0.1, 0.15) is 0 Å². The maximum Gasteiger partial charge on any atom is 0.407 e. The fourth-order valence-electron chi connectivity index (χ4n) is 3.66. The van der Waals surface area contributed by atoms with Crippen LogP contribution in [0.2, 0.25) is 0 Å². The number of amides is 1. The maximum atomic E-state index is 11.2. The van der Waals surface area contributed by atoms with Crippen molar-refractivity contribution in [2.75, 3.05) is 26.7 Å². The fourth-order valence-corrected chi connectivity index (χ4v) is 3.66. The van der Waals surface area contributed by atoms with Crippen LogP contribution < -0.4 is 0 Å². The van der Waals surface area contributed by atoms with Crippen molar-refractivity contribution < 1.29 is 9.90 Å². The molecule has 0 aromatic rings. The average molecular weight is 294 g/mol. The minimum Gasteiger partial charge on any atom is -0.465 e. The predicted octanol–water partition coefficient (Wildman–Crippen LogP) is 3.96. The van der Waals surface area contributed by atoms with Crippen LogP contribution in [0.15, 0.2) is 23.9 Å². The molecule has 1 aliphatic carbocycles. The third-order valence-corrected chi connectivity index (χ3v) is 4.47. The van der Waals surface area contributed by atoms with E-state index in [4.69, 9.17) is 0 Å². The number of likely N-dealkylation sites (N-methyl/N-ethyl adjacent to an activating group) is 1. The van der Waals surface area contributed by atoms with Gasteiger partial charge in [-0.15, -0.1) is 6.58 Å². The summed E-state index contributed by atoms with van der Waals surface area (Å²) >= 11 is 0. The van der Waals surface area contributed by atoms with Gasteiger partial charge in [0.05, 0.1) is 0 Å². The van der Waals surface area contributed by atoms with E-state index in [2.05, 4.69) is 25.5 Å². The number of allylic oxidation sites excluding steroid dienone is 2. The van der Waals surface area contributed by atoms with E-state index in [1.807, 2.05) is 19.9 Å². The summed E-state index contributed by atoms with van der Waals surface area (Å²) in [4.78, 5) is 15.0. The van der Waals surface area contributed by atoms with Crippen LogP contribution >= 0.6 is 0 Å². The van der Waals surface area contributed by atoms with Crippen LogP contribution in [0.3, 0.4) is 0 Å². The summed E-state index contributed by atoms with van der Waals surface area (Å²) in [6.45, 7) is 12.2. The van der Waals surface area contributed by atoms with Crippen molar-refractivity contribution in [3.8, 4) is 0 Å². The maximum absolute atomic E-state index is 11.2. The van der Waals surface area contributed by atoms with Crippen LogP contribution in [0.1, 0.15) is 46.5 Å². The molecule has 0 saturated carbocycles. The minimum atomic E-state index is -0.773. The highest BCUT2D eigenvalue weighted by atomic mass is 16.4. The van der Waals surface area contributed by atoms with Gasteiger partial charge in [-0.25, -0.2) is 4.79 Å². The molecule has 0 aromatic carbocycles. The average Bonchev–Trinajstić information content (AvgIpc) is 2.77. The van der Waals surface area contributed by atoms with Crippen molar-refractivity contribution in [2.24, 2.45) is 5.41 Å². The molecule has 1 unspecified atom stereocenters. The number of nitrogens with zero attached hydrogens (tertiary/aromatic N) is 2. The molecule has 4 heteroatoms. The predicted molar refractivity (Wildman–Crippen MR) is 87.4 cm³/mol. The summed E-state index contributed by atoms with van der Waals surface area (Å²) in [6, 6.07) is 0. The molecule has 0 bridgehead atoms. The molecule has 4 nitrogen and oxygen atoms in total. The normalized spacial score (nSPS) is 24.7. The molecule has 0 aromatic heterocycles. The van der Waals surface area contributed by atoms with Crippen molar-refractivity contribution in [3.63, 3.8) is 0 Å². The van der Waals surface area contributed by atoms with Gasteiger partial charge in [0, 0.05) is 32.4 Å². The first kappa shape index (κ1) is 17.6. The summed E-state index contributed by atoms with van der Waals surface area (Å²) in [5.74, 6) is 0. The number of rotatable bonds is 3. The Morgan fingerprint density at radius 3 is 2.71 bits per heavy atom. The van der Waals surface area contributed by atoms with Gasteiger partial charge in [-0.2, -0.15) is 0 Å². The van der Waals surface area contributed by atoms with Gasteiger partial charge in [0.25, 0.3) is 0 Å². The van der Waals surface area contributed by atoms with Crippen molar-refractivity contribution in [2.45, 2.75) is 46.5 Å². The molecule has 1 N–H and O–H groups in total. The molecule has 2 rings (SSSR count). The Kier molecular flexibility index (Phi) is 6.31. The Hall–Kier alpha value is -1.45. The zero-order valence-electron chi connectivity index (χ0n) is 14.0. The zero-order chi connectivity index (χ0) is 16.0. The van der Waals surface area contributed by atoms with Gasteiger partial charge in [0.15, 0.2) is 0 Å². The lowest BCUT2D eigenvalue weighted by Gasteiger charge is -2.40. The number of carbonyl (C=O) groups is 1. The van der Waals surface area contributed by atoms with Gasteiger partial charge in [-0.3, -0.25) is 0 Å². The number of hydrogen-bond acceptors (Lipinski definition) is 2. The summed E-state index contributed by atoms with van der Waals surface area (Å²) in [5.41, 5.74) is 2.94. The first-order valence-electron chi connectivity index (χ1n) is 7.96. The monoisotopic (exact) mass is 294 g/mol. The molecule has 1 spiro atoms. The van der Waals surface area contributed by atoms with E-state index in [1.54, 1.807) is 4.90 Å². The molecule has 1 fully saturated rings.